The molecule has 7 atom stereocenters. The first-order valence-electron chi connectivity index (χ1n) is 9.77. The Labute approximate surface area is 145 Å². The van der Waals surface area contributed by atoms with Crippen LogP contribution in [0.25, 0.3) is 0 Å². The Balaban J connectivity index is 1.81. The summed E-state index contributed by atoms with van der Waals surface area (Å²) in [7, 11) is 1.78. The average Bonchev–Trinajstić information content (AvgIpc) is 2.54. The second-order valence-electron chi connectivity index (χ2n) is 9.31. The zero-order chi connectivity index (χ0) is 17.0. The fourth-order valence-electron chi connectivity index (χ4n) is 7.58. The smallest absolute Gasteiger partial charge is 0.163 e. The van der Waals surface area contributed by atoms with E-state index in [1.54, 1.807) is 7.11 Å². The fraction of sp³-hybridized carbons (Fsp3) is 0.950. The first kappa shape index (κ1) is 17.0. The van der Waals surface area contributed by atoms with Gasteiger partial charge in [0.05, 0.1) is 12.7 Å². The van der Waals surface area contributed by atoms with Crippen LogP contribution >= 0.6 is 0 Å². The van der Waals surface area contributed by atoms with Crippen molar-refractivity contribution in [3.05, 3.63) is 0 Å². The van der Waals surface area contributed by atoms with Gasteiger partial charge >= 0.3 is 0 Å². The summed E-state index contributed by atoms with van der Waals surface area (Å²) in [5.74, 6) is 1.06. The maximum absolute atomic E-state index is 11.5. The number of fused-ring (bicyclic) bond motifs is 1. The standard InChI is InChI=1S/C20H32O4/c1-18-7-3-8-20(17(23-2)24-13-18)15(18)6-9-19(10-11-21)12-14(22)4-5-16(19)20/h11,14-17,22H,3-10,12-13H2,1-2H3/t14-,15+,16+,17-,18+,19+,20-/m0/s1. The highest BCUT2D eigenvalue weighted by atomic mass is 16.7. The molecular weight excluding hydrogens is 304 g/mol. The summed E-state index contributed by atoms with van der Waals surface area (Å²) in [5.41, 5.74) is 0.226. The summed E-state index contributed by atoms with van der Waals surface area (Å²) in [6, 6.07) is 0. The van der Waals surface area contributed by atoms with E-state index in [1.165, 1.54) is 12.8 Å². The van der Waals surface area contributed by atoms with Crippen LogP contribution in [0.3, 0.4) is 0 Å². The van der Waals surface area contributed by atoms with Crippen LogP contribution in [0, 0.1) is 28.1 Å². The van der Waals surface area contributed by atoms with Crippen LogP contribution in [0.2, 0.25) is 0 Å². The summed E-state index contributed by atoms with van der Waals surface area (Å²) in [6.45, 7) is 3.20. The van der Waals surface area contributed by atoms with Gasteiger partial charge in [0, 0.05) is 18.9 Å². The maximum Gasteiger partial charge on any atom is 0.163 e. The highest BCUT2D eigenvalue weighted by Gasteiger charge is 2.68. The molecule has 0 aromatic carbocycles. The van der Waals surface area contributed by atoms with Gasteiger partial charge < -0.3 is 19.4 Å². The number of carbonyl (C=O) groups excluding carboxylic acids is 1. The Morgan fingerprint density at radius 1 is 1.21 bits per heavy atom. The molecule has 3 saturated carbocycles. The molecule has 1 N–H and O–H groups in total. The molecule has 4 fully saturated rings. The number of hydrogen-bond acceptors (Lipinski definition) is 4. The molecule has 4 rings (SSSR count). The van der Waals surface area contributed by atoms with Crippen LogP contribution in [-0.2, 0) is 14.3 Å². The minimum Gasteiger partial charge on any atom is -0.393 e. The monoisotopic (exact) mass is 336 g/mol. The van der Waals surface area contributed by atoms with Gasteiger partial charge in [-0.25, -0.2) is 0 Å². The van der Waals surface area contributed by atoms with Gasteiger partial charge in [-0.2, -0.15) is 0 Å². The maximum atomic E-state index is 11.5. The topological polar surface area (TPSA) is 55.8 Å². The zero-order valence-corrected chi connectivity index (χ0v) is 15.1. The minimum atomic E-state index is -0.255. The van der Waals surface area contributed by atoms with Gasteiger partial charge in [-0.3, -0.25) is 0 Å². The Bertz CT molecular complexity index is 508. The summed E-state index contributed by atoms with van der Waals surface area (Å²) in [6.07, 6.45) is 9.74. The van der Waals surface area contributed by atoms with Crippen molar-refractivity contribution < 1.29 is 19.4 Å². The fourth-order valence-corrected chi connectivity index (χ4v) is 7.58. The Kier molecular flexibility index (Phi) is 4.09. The van der Waals surface area contributed by atoms with Crippen molar-refractivity contribution in [2.24, 2.45) is 28.1 Å². The second kappa shape index (κ2) is 5.78. The van der Waals surface area contributed by atoms with Crippen LogP contribution in [-0.4, -0.2) is 37.5 Å². The molecule has 2 bridgehead atoms. The molecule has 24 heavy (non-hydrogen) atoms. The van der Waals surface area contributed by atoms with E-state index in [0.29, 0.717) is 18.3 Å². The number of hydrogen-bond donors (Lipinski definition) is 1. The van der Waals surface area contributed by atoms with Crippen LogP contribution in [0.1, 0.15) is 64.7 Å². The van der Waals surface area contributed by atoms with Gasteiger partial charge in [0.15, 0.2) is 6.29 Å². The Morgan fingerprint density at radius 2 is 2.04 bits per heavy atom. The van der Waals surface area contributed by atoms with Gasteiger partial charge in [0.25, 0.3) is 0 Å². The predicted octanol–water partition coefficient (Wildman–Crippen LogP) is 3.31. The molecule has 4 nitrogen and oxygen atoms in total. The number of methoxy groups -OCH3 is 1. The van der Waals surface area contributed by atoms with Gasteiger partial charge in [0.1, 0.15) is 6.29 Å². The van der Waals surface area contributed by atoms with E-state index in [2.05, 4.69) is 6.92 Å². The summed E-state index contributed by atoms with van der Waals surface area (Å²) in [4.78, 5) is 11.5. The molecule has 4 heteroatoms. The van der Waals surface area contributed by atoms with Crippen molar-refractivity contribution in [1.29, 1.82) is 0 Å². The van der Waals surface area contributed by atoms with E-state index in [-0.39, 0.29) is 28.6 Å². The van der Waals surface area contributed by atoms with E-state index in [9.17, 15) is 9.90 Å². The highest BCUT2D eigenvalue weighted by molar-refractivity contribution is 5.51. The molecule has 0 amide bonds. The molecule has 136 valence electrons. The van der Waals surface area contributed by atoms with Crippen molar-refractivity contribution in [1.82, 2.24) is 0 Å². The number of ether oxygens (including phenoxy) is 2. The quantitative estimate of drug-likeness (QED) is 0.803. The SMILES string of the molecule is CO[C@H]1OC[C@@]2(C)CCC[C@@]13[C@@H]2CC[C@@]1(CC=O)C[C@@H](O)CC[C@H]13. The number of aliphatic hydroxyl groups excluding tert-OH is 1. The summed E-state index contributed by atoms with van der Waals surface area (Å²) < 4.78 is 12.2. The van der Waals surface area contributed by atoms with Gasteiger partial charge in [-0.1, -0.05) is 13.3 Å². The molecule has 0 radical (unpaired) electrons. The normalized spacial score (nSPS) is 53.8. The predicted molar refractivity (Wildman–Crippen MR) is 90.3 cm³/mol. The van der Waals surface area contributed by atoms with Crippen LogP contribution in [0.5, 0.6) is 0 Å². The lowest BCUT2D eigenvalue weighted by Crippen LogP contribution is -2.68. The molecule has 0 aromatic rings. The number of aliphatic hydroxyl groups is 1. The molecule has 0 spiro atoms. The Hall–Kier alpha value is -0.450. The third-order valence-corrected chi connectivity index (χ3v) is 8.30. The second-order valence-corrected chi connectivity index (χ2v) is 9.31. The van der Waals surface area contributed by atoms with Crippen LogP contribution in [0.4, 0.5) is 0 Å². The van der Waals surface area contributed by atoms with E-state index >= 15 is 0 Å². The summed E-state index contributed by atoms with van der Waals surface area (Å²) >= 11 is 0. The van der Waals surface area contributed by atoms with Gasteiger partial charge in [0.2, 0.25) is 0 Å². The van der Waals surface area contributed by atoms with E-state index in [4.69, 9.17) is 9.47 Å². The third kappa shape index (κ3) is 2.12. The van der Waals surface area contributed by atoms with E-state index in [0.717, 1.165) is 51.4 Å². The van der Waals surface area contributed by atoms with Gasteiger partial charge in [-0.05, 0) is 67.6 Å². The minimum absolute atomic E-state index is 0.0292. The average molecular weight is 336 g/mol. The molecule has 1 saturated heterocycles. The van der Waals surface area contributed by atoms with Crippen molar-refractivity contribution in [2.75, 3.05) is 13.7 Å². The van der Waals surface area contributed by atoms with Crippen molar-refractivity contribution in [3.63, 3.8) is 0 Å². The molecular formula is C20H32O4. The molecule has 4 aliphatic rings. The molecule has 1 heterocycles. The van der Waals surface area contributed by atoms with Gasteiger partial charge in [-0.15, -0.1) is 0 Å². The zero-order valence-electron chi connectivity index (χ0n) is 15.1. The van der Waals surface area contributed by atoms with Crippen molar-refractivity contribution in [3.8, 4) is 0 Å². The largest absolute Gasteiger partial charge is 0.393 e. The lowest BCUT2D eigenvalue weighted by molar-refractivity contribution is -0.339. The highest BCUT2D eigenvalue weighted by Crippen LogP contribution is 2.71. The van der Waals surface area contributed by atoms with Crippen LogP contribution < -0.4 is 0 Å². The molecule has 0 aromatic heterocycles. The Morgan fingerprint density at radius 3 is 2.79 bits per heavy atom. The lowest BCUT2D eigenvalue weighted by atomic mass is 9.38. The molecule has 3 aliphatic carbocycles. The number of aldehydes is 1. The molecule has 1 aliphatic heterocycles. The lowest BCUT2D eigenvalue weighted by Gasteiger charge is -2.69. The van der Waals surface area contributed by atoms with Crippen LogP contribution in [0.15, 0.2) is 0 Å². The number of carbonyl (C=O) groups is 1. The number of rotatable bonds is 3. The summed E-state index contributed by atoms with van der Waals surface area (Å²) in [5, 5.41) is 10.4. The third-order valence-electron chi connectivity index (χ3n) is 8.30. The first-order valence-corrected chi connectivity index (χ1v) is 9.77. The van der Waals surface area contributed by atoms with E-state index < -0.39 is 0 Å². The first-order chi connectivity index (χ1) is 11.5. The van der Waals surface area contributed by atoms with Crippen molar-refractivity contribution in [2.45, 2.75) is 77.1 Å². The van der Waals surface area contributed by atoms with E-state index in [1.807, 2.05) is 0 Å². The molecule has 0 unspecified atom stereocenters. The van der Waals surface area contributed by atoms with Crippen molar-refractivity contribution >= 4 is 6.29 Å².